The van der Waals surface area contributed by atoms with Crippen molar-refractivity contribution in [2.75, 3.05) is 6.61 Å². The lowest BCUT2D eigenvalue weighted by molar-refractivity contribution is 0.175. The monoisotopic (exact) mass is 383 g/mol. The second-order valence-electron chi connectivity index (χ2n) is 8.22. The van der Waals surface area contributed by atoms with E-state index in [9.17, 15) is 9.90 Å². The number of hydrogen-bond acceptors (Lipinski definition) is 3. The molecule has 0 saturated heterocycles. The first-order valence-electron chi connectivity index (χ1n) is 9.77. The Bertz CT molecular complexity index is 856. The predicted octanol–water partition coefficient (Wildman–Crippen LogP) is 5.43. The average molecular weight is 383 g/mol. The maximum absolute atomic E-state index is 11.3. The van der Waals surface area contributed by atoms with Crippen LogP contribution < -0.4 is 14.8 Å². The summed E-state index contributed by atoms with van der Waals surface area (Å²) in [6.07, 6.45) is -0.0688. The molecule has 5 heteroatoms. The molecule has 1 aliphatic carbocycles. The maximum atomic E-state index is 11.3. The Morgan fingerprint density at radius 2 is 1.93 bits per heavy atom. The van der Waals surface area contributed by atoms with E-state index in [4.69, 9.17) is 9.47 Å². The molecule has 0 bridgehead atoms. The SMILES string of the molecule is CCOc1cc2c(cc1-c1ccc(OC(C)C)cc1)CC(C)(C)[C@H]2NC(=O)O. The van der Waals surface area contributed by atoms with Crippen LogP contribution in [0.25, 0.3) is 11.1 Å². The highest BCUT2D eigenvalue weighted by Gasteiger charge is 2.40. The normalized spacial score (nSPS) is 17.3. The first-order valence-corrected chi connectivity index (χ1v) is 9.77. The van der Waals surface area contributed by atoms with Gasteiger partial charge in [-0.2, -0.15) is 0 Å². The zero-order valence-electron chi connectivity index (χ0n) is 17.2. The minimum Gasteiger partial charge on any atom is -0.493 e. The van der Waals surface area contributed by atoms with Gasteiger partial charge in [-0.05, 0) is 73.6 Å². The Morgan fingerprint density at radius 1 is 1.25 bits per heavy atom. The van der Waals surface area contributed by atoms with Crippen LogP contribution in [0.1, 0.15) is 51.8 Å². The summed E-state index contributed by atoms with van der Waals surface area (Å²) in [5, 5.41) is 12.0. The van der Waals surface area contributed by atoms with Crippen LogP contribution in [0.15, 0.2) is 36.4 Å². The summed E-state index contributed by atoms with van der Waals surface area (Å²) in [6, 6.07) is 11.9. The summed E-state index contributed by atoms with van der Waals surface area (Å²) >= 11 is 0. The molecule has 0 radical (unpaired) electrons. The van der Waals surface area contributed by atoms with Gasteiger partial charge in [0.1, 0.15) is 11.5 Å². The van der Waals surface area contributed by atoms with E-state index in [-0.39, 0.29) is 17.6 Å². The molecule has 3 rings (SSSR count). The van der Waals surface area contributed by atoms with E-state index in [0.29, 0.717) is 6.61 Å². The molecule has 2 N–H and O–H groups in total. The predicted molar refractivity (Wildman–Crippen MR) is 110 cm³/mol. The highest BCUT2D eigenvalue weighted by molar-refractivity contribution is 5.74. The van der Waals surface area contributed by atoms with Crippen LogP contribution in [0.3, 0.4) is 0 Å². The highest BCUT2D eigenvalue weighted by Crippen LogP contribution is 2.48. The van der Waals surface area contributed by atoms with Gasteiger partial charge in [0.15, 0.2) is 0 Å². The van der Waals surface area contributed by atoms with Crippen LogP contribution in [-0.4, -0.2) is 23.9 Å². The second-order valence-corrected chi connectivity index (χ2v) is 8.22. The van der Waals surface area contributed by atoms with E-state index >= 15 is 0 Å². The molecule has 0 saturated carbocycles. The molecule has 0 aliphatic heterocycles. The molecule has 5 nitrogen and oxygen atoms in total. The molecular weight excluding hydrogens is 354 g/mol. The van der Waals surface area contributed by atoms with Crippen molar-refractivity contribution >= 4 is 6.09 Å². The molecule has 0 unspecified atom stereocenters. The molecule has 2 aromatic rings. The Balaban J connectivity index is 2.03. The fraction of sp³-hybridized carbons (Fsp3) is 0.435. The fourth-order valence-electron chi connectivity index (χ4n) is 3.96. The quantitative estimate of drug-likeness (QED) is 0.698. The minimum atomic E-state index is -1.01. The lowest BCUT2D eigenvalue weighted by Crippen LogP contribution is -2.34. The van der Waals surface area contributed by atoms with Crippen molar-refractivity contribution < 1.29 is 19.4 Å². The average Bonchev–Trinajstić information content (AvgIpc) is 2.84. The van der Waals surface area contributed by atoms with Gasteiger partial charge in [-0.3, -0.25) is 0 Å². The van der Waals surface area contributed by atoms with Gasteiger partial charge in [-0.15, -0.1) is 0 Å². The number of carbonyl (C=O) groups is 1. The van der Waals surface area contributed by atoms with Crippen molar-refractivity contribution in [3.05, 3.63) is 47.5 Å². The van der Waals surface area contributed by atoms with Crippen molar-refractivity contribution in [2.45, 2.75) is 53.2 Å². The van der Waals surface area contributed by atoms with Gasteiger partial charge >= 0.3 is 6.09 Å². The summed E-state index contributed by atoms with van der Waals surface area (Å²) in [5.41, 5.74) is 4.03. The van der Waals surface area contributed by atoms with E-state index < -0.39 is 6.09 Å². The van der Waals surface area contributed by atoms with Gasteiger partial charge < -0.3 is 19.9 Å². The first kappa shape index (κ1) is 20.1. The lowest BCUT2D eigenvalue weighted by Gasteiger charge is -2.27. The molecule has 28 heavy (non-hydrogen) atoms. The van der Waals surface area contributed by atoms with Crippen LogP contribution in [0, 0.1) is 5.41 Å². The van der Waals surface area contributed by atoms with Crippen molar-refractivity contribution in [1.82, 2.24) is 5.32 Å². The van der Waals surface area contributed by atoms with Gasteiger partial charge in [-0.1, -0.05) is 26.0 Å². The van der Waals surface area contributed by atoms with E-state index in [0.717, 1.165) is 40.2 Å². The van der Waals surface area contributed by atoms with Gasteiger partial charge in [0.25, 0.3) is 0 Å². The maximum Gasteiger partial charge on any atom is 0.405 e. The Hall–Kier alpha value is -2.69. The number of fused-ring (bicyclic) bond motifs is 1. The largest absolute Gasteiger partial charge is 0.493 e. The molecule has 0 aromatic heterocycles. The Labute approximate surface area is 166 Å². The molecule has 0 fully saturated rings. The second kappa shape index (κ2) is 7.74. The molecule has 1 atom stereocenters. The molecule has 2 aromatic carbocycles. The van der Waals surface area contributed by atoms with Gasteiger partial charge in [0.05, 0.1) is 18.8 Å². The number of carboxylic acid groups (broad SMARTS) is 1. The van der Waals surface area contributed by atoms with Crippen LogP contribution in [0.2, 0.25) is 0 Å². The van der Waals surface area contributed by atoms with Crippen molar-refractivity contribution in [1.29, 1.82) is 0 Å². The number of rotatable bonds is 6. The highest BCUT2D eigenvalue weighted by atomic mass is 16.5. The number of ether oxygens (including phenoxy) is 2. The summed E-state index contributed by atoms with van der Waals surface area (Å²) in [4.78, 5) is 11.3. The number of hydrogen-bond donors (Lipinski definition) is 2. The summed E-state index contributed by atoms with van der Waals surface area (Å²) < 4.78 is 11.7. The van der Waals surface area contributed by atoms with Gasteiger partial charge in [0.2, 0.25) is 0 Å². The number of benzene rings is 2. The zero-order valence-corrected chi connectivity index (χ0v) is 17.2. The Kier molecular flexibility index (Phi) is 5.54. The minimum absolute atomic E-state index is 0.130. The first-order chi connectivity index (χ1) is 13.2. The molecule has 0 heterocycles. The van der Waals surface area contributed by atoms with Crippen molar-refractivity contribution in [3.63, 3.8) is 0 Å². The summed E-state index contributed by atoms with van der Waals surface area (Å²) in [7, 11) is 0. The standard InChI is InChI=1S/C23H29NO4/c1-6-27-20-12-19-16(13-23(4,5)21(19)24-22(25)26)11-18(20)15-7-9-17(10-8-15)28-14(2)3/h7-12,14,21,24H,6,13H2,1-5H3,(H,25,26)/t21-/m0/s1. The van der Waals surface area contributed by atoms with Crippen molar-refractivity contribution in [2.24, 2.45) is 5.41 Å². The number of nitrogens with one attached hydrogen (secondary N) is 1. The van der Waals surface area contributed by atoms with Crippen LogP contribution in [0.4, 0.5) is 4.79 Å². The van der Waals surface area contributed by atoms with E-state index in [1.807, 2.05) is 51.1 Å². The Morgan fingerprint density at radius 3 is 2.50 bits per heavy atom. The lowest BCUT2D eigenvalue weighted by atomic mass is 9.85. The van der Waals surface area contributed by atoms with Gasteiger partial charge in [-0.25, -0.2) is 4.79 Å². The molecule has 1 aliphatic rings. The van der Waals surface area contributed by atoms with E-state index in [1.54, 1.807) is 0 Å². The third kappa shape index (κ3) is 4.08. The third-order valence-corrected chi connectivity index (χ3v) is 5.08. The fourth-order valence-corrected chi connectivity index (χ4v) is 3.96. The van der Waals surface area contributed by atoms with Crippen molar-refractivity contribution in [3.8, 4) is 22.6 Å². The number of amides is 1. The van der Waals surface area contributed by atoms with E-state index in [2.05, 4.69) is 25.2 Å². The zero-order chi connectivity index (χ0) is 20.5. The molecule has 1 amide bonds. The smallest absolute Gasteiger partial charge is 0.405 e. The third-order valence-electron chi connectivity index (χ3n) is 5.08. The van der Waals surface area contributed by atoms with Gasteiger partial charge in [0, 0.05) is 5.56 Å². The molecule has 0 spiro atoms. The summed E-state index contributed by atoms with van der Waals surface area (Å²) in [6.45, 7) is 10.7. The van der Waals surface area contributed by atoms with Crippen LogP contribution in [-0.2, 0) is 6.42 Å². The summed E-state index contributed by atoms with van der Waals surface area (Å²) in [5.74, 6) is 1.61. The van der Waals surface area contributed by atoms with Crippen LogP contribution >= 0.6 is 0 Å². The van der Waals surface area contributed by atoms with Crippen LogP contribution in [0.5, 0.6) is 11.5 Å². The van der Waals surface area contributed by atoms with E-state index in [1.165, 1.54) is 0 Å². The molecule has 150 valence electrons. The molecular formula is C23H29NO4. The topological polar surface area (TPSA) is 67.8 Å².